The van der Waals surface area contributed by atoms with Crippen LogP contribution in [0.25, 0.3) is 5.57 Å². The van der Waals surface area contributed by atoms with Crippen molar-refractivity contribution < 1.29 is 23.1 Å². The lowest BCUT2D eigenvalue weighted by molar-refractivity contribution is -0.192. The average molecular weight is 299 g/mol. The molecule has 0 radical (unpaired) electrons. The largest absolute Gasteiger partial charge is 0.490 e. The number of nitrogens with one attached hydrogen (secondary N) is 1. The number of halogens is 3. The summed E-state index contributed by atoms with van der Waals surface area (Å²) in [6.45, 7) is 2.17. The molecule has 3 rings (SSSR count). The minimum absolute atomic E-state index is 1.04. The first-order valence-corrected chi connectivity index (χ1v) is 6.70. The first kappa shape index (κ1) is 15.6. The van der Waals surface area contributed by atoms with Gasteiger partial charge in [-0.1, -0.05) is 24.3 Å². The molecule has 1 aliphatic carbocycles. The Kier molecular flexibility index (Phi) is 4.67. The molecule has 0 spiro atoms. The predicted molar refractivity (Wildman–Crippen MR) is 73.0 cm³/mol. The molecule has 0 saturated heterocycles. The minimum Gasteiger partial charge on any atom is -0.475 e. The highest BCUT2D eigenvalue weighted by atomic mass is 19.4. The van der Waals surface area contributed by atoms with Crippen LogP contribution in [0.2, 0.25) is 0 Å². The molecule has 0 atom stereocenters. The van der Waals surface area contributed by atoms with Crippen LogP contribution in [0, 0.1) is 0 Å². The summed E-state index contributed by atoms with van der Waals surface area (Å²) < 4.78 is 31.7. The van der Waals surface area contributed by atoms with Crippen LogP contribution >= 0.6 is 0 Å². The highest BCUT2D eigenvalue weighted by Gasteiger charge is 2.38. The Bertz CT molecular complexity index is 565. The molecule has 0 saturated carbocycles. The van der Waals surface area contributed by atoms with Crippen LogP contribution in [0.5, 0.6) is 0 Å². The van der Waals surface area contributed by atoms with Gasteiger partial charge in [-0.05, 0) is 48.1 Å². The first-order chi connectivity index (χ1) is 9.88. The summed E-state index contributed by atoms with van der Waals surface area (Å²) in [5.41, 5.74) is 6.02. The first-order valence-electron chi connectivity index (χ1n) is 6.70. The van der Waals surface area contributed by atoms with E-state index in [9.17, 15) is 13.2 Å². The van der Waals surface area contributed by atoms with Gasteiger partial charge in [0.25, 0.3) is 0 Å². The van der Waals surface area contributed by atoms with Crippen molar-refractivity contribution in [2.75, 3.05) is 13.1 Å². The molecule has 6 heteroatoms. The van der Waals surface area contributed by atoms with Crippen LogP contribution in [0.15, 0.2) is 24.3 Å². The second kappa shape index (κ2) is 6.30. The number of carboxylic acids is 1. The molecule has 1 aliphatic heterocycles. The van der Waals surface area contributed by atoms with Crippen LogP contribution in [-0.2, 0) is 17.6 Å². The Hall–Kier alpha value is -1.82. The monoisotopic (exact) mass is 299 g/mol. The number of carboxylic acid groups (broad SMARTS) is 1. The van der Waals surface area contributed by atoms with Gasteiger partial charge in [-0.25, -0.2) is 4.79 Å². The Morgan fingerprint density at radius 2 is 1.86 bits per heavy atom. The molecule has 0 bridgehead atoms. The Morgan fingerprint density at radius 1 is 1.19 bits per heavy atom. The standard InChI is InChI=1S/C13H15N.C2HF3O2/c1-2-13(9-14-7-1)12-6-4-10-3-5-11(10)8-12;3-2(4,5)1(6)7/h2,4,6,8,14H,1,3,5,7,9H2;(H,6,7). The molecule has 21 heavy (non-hydrogen) atoms. The Balaban J connectivity index is 0.000000199. The van der Waals surface area contributed by atoms with Gasteiger partial charge in [0.1, 0.15) is 0 Å². The van der Waals surface area contributed by atoms with E-state index in [4.69, 9.17) is 9.90 Å². The van der Waals surface area contributed by atoms with Crippen molar-refractivity contribution >= 4 is 11.5 Å². The number of alkyl halides is 3. The maximum absolute atomic E-state index is 10.6. The second-order valence-electron chi connectivity index (χ2n) is 4.98. The second-order valence-corrected chi connectivity index (χ2v) is 4.98. The van der Waals surface area contributed by atoms with Gasteiger partial charge in [0, 0.05) is 6.54 Å². The van der Waals surface area contributed by atoms with E-state index in [1.165, 1.54) is 30.4 Å². The number of aliphatic carboxylic acids is 1. The van der Waals surface area contributed by atoms with Gasteiger partial charge in [0.05, 0.1) is 0 Å². The van der Waals surface area contributed by atoms with Crippen LogP contribution < -0.4 is 5.32 Å². The quantitative estimate of drug-likeness (QED) is 0.838. The van der Waals surface area contributed by atoms with Crippen LogP contribution in [0.4, 0.5) is 13.2 Å². The highest BCUT2D eigenvalue weighted by molar-refractivity contribution is 5.73. The van der Waals surface area contributed by atoms with E-state index in [2.05, 4.69) is 29.6 Å². The van der Waals surface area contributed by atoms with E-state index in [1.54, 1.807) is 11.1 Å². The van der Waals surface area contributed by atoms with Gasteiger partial charge in [-0.3, -0.25) is 0 Å². The van der Waals surface area contributed by atoms with E-state index in [1.807, 2.05) is 0 Å². The van der Waals surface area contributed by atoms with Gasteiger partial charge >= 0.3 is 12.1 Å². The van der Waals surface area contributed by atoms with Crippen LogP contribution in [0.3, 0.4) is 0 Å². The maximum Gasteiger partial charge on any atom is 0.490 e. The fraction of sp³-hybridized carbons (Fsp3) is 0.400. The molecular formula is C15H16F3NO2. The van der Waals surface area contributed by atoms with E-state index in [0.29, 0.717) is 0 Å². The zero-order valence-corrected chi connectivity index (χ0v) is 11.3. The molecule has 3 nitrogen and oxygen atoms in total. The molecule has 0 aromatic heterocycles. The van der Waals surface area contributed by atoms with E-state index in [0.717, 1.165) is 13.1 Å². The lowest BCUT2D eigenvalue weighted by Crippen LogP contribution is -2.21. The molecule has 1 aromatic carbocycles. The van der Waals surface area contributed by atoms with Crippen molar-refractivity contribution in [3.8, 4) is 0 Å². The topological polar surface area (TPSA) is 49.3 Å². The average Bonchev–Trinajstić information content (AvgIpc) is 2.41. The zero-order chi connectivity index (χ0) is 15.5. The van der Waals surface area contributed by atoms with Crippen LogP contribution in [0.1, 0.15) is 23.1 Å². The van der Waals surface area contributed by atoms with E-state index < -0.39 is 12.1 Å². The Labute approximate surface area is 120 Å². The number of hydrogen-bond donors (Lipinski definition) is 2. The minimum atomic E-state index is -5.08. The fourth-order valence-electron chi connectivity index (χ4n) is 2.26. The van der Waals surface area contributed by atoms with Crippen molar-refractivity contribution in [3.63, 3.8) is 0 Å². The number of carbonyl (C=O) groups is 1. The number of fused-ring (bicyclic) bond motifs is 1. The third kappa shape index (κ3) is 4.07. The molecule has 0 amide bonds. The third-order valence-electron chi connectivity index (χ3n) is 3.51. The molecule has 0 fully saturated rings. The van der Waals surface area contributed by atoms with Crippen molar-refractivity contribution in [2.24, 2.45) is 0 Å². The summed E-state index contributed by atoms with van der Waals surface area (Å²) in [6.07, 6.45) is 1.03. The number of rotatable bonds is 1. The summed E-state index contributed by atoms with van der Waals surface area (Å²) in [7, 11) is 0. The van der Waals surface area contributed by atoms with Crippen molar-refractivity contribution in [1.29, 1.82) is 0 Å². The van der Waals surface area contributed by atoms with Crippen molar-refractivity contribution in [1.82, 2.24) is 5.32 Å². The maximum atomic E-state index is 10.6. The Morgan fingerprint density at radius 3 is 2.29 bits per heavy atom. The summed E-state index contributed by atoms with van der Waals surface area (Å²) in [4.78, 5) is 8.90. The molecule has 1 aromatic rings. The molecular weight excluding hydrogens is 283 g/mol. The number of hydrogen-bond acceptors (Lipinski definition) is 2. The van der Waals surface area contributed by atoms with Gasteiger partial charge in [0.15, 0.2) is 0 Å². The lowest BCUT2D eigenvalue weighted by Gasteiger charge is -2.21. The molecule has 1 heterocycles. The summed E-state index contributed by atoms with van der Waals surface area (Å²) in [6, 6.07) is 6.94. The highest BCUT2D eigenvalue weighted by Crippen LogP contribution is 2.27. The molecule has 114 valence electrons. The SMILES string of the molecule is C1=C(c2ccc3c(c2)CC3)CNCC1.O=C(O)C(F)(F)F. The number of aryl methyl sites for hydroxylation is 2. The molecule has 2 N–H and O–H groups in total. The van der Waals surface area contributed by atoms with E-state index in [-0.39, 0.29) is 0 Å². The lowest BCUT2D eigenvalue weighted by atomic mass is 9.85. The van der Waals surface area contributed by atoms with Gasteiger partial charge in [-0.15, -0.1) is 0 Å². The fourth-order valence-corrected chi connectivity index (χ4v) is 2.26. The molecule has 0 unspecified atom stereocenters. The number of benzene rings is 1. The smallest absolute Gasteiger partial charge is 0.475 e. The van der Waals surface area contributed by atoms with Gasteiger partial charge in [0.2, 0.25) is 0 Å². The third-order valence-corrected chi connectivity index (χ3v) is 3.51. The van der Waals surface area contributed by atoms with Gasteiger partial charge < -0.3 is 10.4 Å². The normalized spacial score (nSPS) is 16.8. The predicted octanol–water partition coefficient (Wildman–Crippen LogP) is 2.80. The van der Waals surface area contributed by atoms with Crippen molar-refractivity contribution in [3.05, 3.63) is 41.0 Å². The summed E-state index contributed by atoms with van der Waals surface area (Å²) in [5, 5.41) is 10.5. The van der Waals surface area contributed by atoms with E-state index >= 15 is 0 Å². The molecule has 2 aliphatic rings. The van der Waals surface area contributed by atoms with Gasteiger partial charge in [-0.2, -0.15) is 13.2 Å². The zero-order valence-electron chi connectivity index (χ0n) is 11.3. The summed E-state index contributed by atoms with van der Waals surface area (Å²) in [5.74, 6) is -2.76. The van der Waals surface area contributed by atoms with Crippen LogP contribution in [-0.4, -0.2) is 30.3 Å². The summed E-state index contributed by atoms with van der Waals surface area (Å²) >= 11 is 0. The van der Waals surface area contributed by atoms with Crippen molar-refractivity contribution in [2.45, 2.75) is 25.4 Å².